The van der Waals surface area contributed by atoms with Crippen molar-refractivity contribution in [3.05, 3.63) is 0 Å². The fourth-order valence-electron chi connectivity index (χ4n) is 0.778. The molecular formula is C8H19NO4. The average Bonchev–Trinajstić information content (AvgIpc) is 2.12. The van der Waals surface area contributed by atoms with Crippen molar-refractivity contribution >= 4 is 0 Å². The van der Waals surface area contributed by atoms with Gasteiger partial charge in [0.1, 0.15) is 0 Å². The molecule has 1 atom stereocenters. The van der Waals surface area contributed by atoms with Crippen LogP contribution in [-0.4, -0.2) is 56.0 Å². The van der Waals surface area contributed by atoms with Crippen LogP contribution in [0.4, 0.5) is 0 Å². The SMILES string of the molecule is COC(CNCC(C)(O)CO)OC. The van der Waals surface area contributed by atoms with E-state index >= 15 is 0 Å². The first-order chi connectivity index (χ1) is 6.05. The Bertz CT molecular complexity index is 125. The molecule has 0 saturated carbocycles. The summed E-state index contributed by atoms with van der Waals surface area (Å²) in [6.45, 7) is 2.05. The lowest BCUT2D eigenvalue weighted by molar-refractivity contribution is -0.101. The molecule has 0 amide bonds. The third-order valence-corrected chi connectivity index (χ3v) is 1.68. The molecule has 13 heavy (non-hydrogen) atoms. The molecule has 0 radical (unpaired) electrons. The van der Waals surface area contributed by atoms with E-state index in [-0.39, 0.29) is 12.9 Å². The van der Waals surface area contributed by atoms with E-state index in [0.717, 1.165) is 0 Å². The number of aliphatic hydroxyl groups is 2. The minimum atomic E-state index is -1.09. The Morgan fingerprint density at radius 3 is 2.31 bits per heavy atom. The Morgan fingerprint density at radius 2 is 1.92 bits per heavy atom. The fourth-order valence-corrected chi connectivity index (χ4v) is 0.778. The molecule has 0 aliphatic rings. The van der Waals surface area contributed by atoms with E-state index in [1.165, 1.54) is 0 Å². The summed E-state index contributed by atoms with van der Waals surface area (Å²) in [6.07, 6.45) is -0.325. The molecule has 0 bridgehead atoms. The van der Waals surface area contributed by atoms with Crippen molar-refractivity contribution in [3.63, 3.8) is 0 Å². The van der Waals surface area contributed by atoms with Crippen LogP contribution < -0.4 is 5.32 Å². The third kappa shape index (κ3) is 5.95. The van der Waals surface area contributed by atoms with Gasteiger partial charge in [-0.2, -0.15) is 0 Å². The van der Waals surface area contributed by atoms with Gasteiger partial charge in [-0.1, -0.05) is 0 Å². The molecule has 5 heteroatoms. The Balaban J connectivity index is 3.54. The summed E-state index contributed by atoms with van der Waals surface area (Å²) in [7, 11) is 3.08. The van der Waals surface area contributed by atoms with E-state index < -0.39 is 5.60 Å². The predicted molar refractivity (Wildman–Crippen MR) is 48.4 cm³/mol. The van der Waals surface area contributed by atoms with Gasteiger partial charge >= 0.3 is 0 Å². The second-order valence-corrected chi connectivity index (χ2v) is 3.19. The Morgan fingerprint density at radius 1 is 1.38 bits per heavy atom. The molecule has 0 fully saturated rings. The Kier molecular flexibility index (Phi) is 6.19. The second kappa shape index (κ2) is 6.28. The summed E-state index contributed by atoms with van der Waals surface area (Å²) in [5.74, 6) is 0. The monoisotopic (exact) mass is 193 g/mol. The molecule has 0 spiro atoms. The topological polar surface area (TPSA) is 71.0 Å². The summed E-state index contributed by atoms with van der Waals surface area (Å²) in [5, 5.41) is 21.0. The number of methoxy groups -OCH3 is 2. The molecule has 1 unspecified atom stereocenters. The Hall–Kier alpha value is -0.200. The normalized spacial score (nSPS) is 16.2. The molecule has 0 aliphatic carbocycles. The lowest BCUT2D eigenvalue weighted by Crippen LogP contribution is -2.43. The van der Waals surface area contributed by atoms with Crippen molar-refractivity contribution in [1.82, 2.24) is 5.32 Å². The van der Waals surface area contributed by atoms with Crippen LogP contribution in [0.3, 0.4) is 0 Å². The lowest BCUT2D eigenvalue weighted by atomic mass is 10.1. The molecule has 0 aliphatic heterocycles. The number of hydrogen-bond donors (Lipinski definition) is 3. The van der Waals surface area contributed by atoms with Crippen molar-refractivity contribution in [1.29, 1.82) is 0 Å². The molecule has 0 aromatic carbocycles. The van der Waals surface area contributed by atoms with Gasteiger partial charge in [0.15, 0.2) is 6.29 Å². The summed E-state index contributed by atoms with van der Waals surface area (Å²) >= 11 is 0. The first-order valence-electron chi connectivity index (χ1n) is 4.15. The smallest absolute Gasteiger partial charge is 0.169 e. The fraction of sp³-hybridized carbons (Fsp3) is 1.00. The van der Waals surface area contributed by atoms with Gasteiger partial charge in [0.2, 0.25) is 0 Å². The highest BCUT2D eigenvalue weighted by molar-refractivity contribution is 4.73. The second-order valence-electron chi connectivity index (χ2n) is 3.19. The van der Waals surface area contributed by atoms with Gasteiger partial charge < -0.3 is 25.0 Å². The van der Waals surface area contributed by atoms with Crippen molar-refractivity contribution < 1.29 is 19.7 Å². The maximum atomic E-state index is 9.39. The summed E-state index contributed by atoms with van der Waals surface area (Å²) in [6, 6.07) is 0. The van der Waals surface area contributed by atoms with E-state index in [1.807, 2.05) is 0 Å². The molecular weight excluding hydrogens is 174 g/mol. The summed E-state index contributed by atoms with van der Waals surface area (Å²) in [5.41, 5.74) is -1.09. The van der Waals surface area contributed by atoms with Crippen LogP contribution in [0.5, 0.6) is 0 Å². The van der Waals surface area contributed by atoms with E-state index in [9.17, 15) is 5.11 Å². The zero-order valence-corrected chi connectivity index (χ0v) is 8.41. The Labute approximate surface area is 78.7 Å². The van der Waals surface area contributed by atoms with Crippen molar-refractivity contribution in [2.75, 3.05) is 33.9 Å². The standard InChI is InChI=1S/C8H19NO4/c1-8(11,6-10)5-9-4-7(12-2)13-3/h7,9-11H,4-6H2,1-3H3. The largest absolute Gasteiger partial charge is 0.393 e. The molecule has 0 saturated heterocycles. The van der Waals surface area contributed by atoms with Crippen LogP contribution in [0.15, 0.2) is 0 Å². The van der Waals surface area contributed by atoms with Gasteiger partial charge in [-0.05, 0) is 6.92 Å². The highest BCUT2D eigenvalue weighted by Crippen LogP contribution is 1.98. The van der Waals surface area contributed by atoms with Gasteiger partial charge in [0.05, 0.1) is 12.2 Å². The van der Waals surface area contributed by atoms with E-state index in [0.29, 0.717) is 13.1 Å². The lowest BCUT2D eigenvalue weighted by Gasteiger charge is -2.22. The quantitative estimate of drug-likeness (QED) is 0.449. The zero-order valence-electron chi connectivity index (χ0n) is 8.41. The zero-order chi connectivity index (χ0) is 10.3. The third-order valence-electron chi connectivity index (χ3n) is 1.68. The molecule has 5 nitrogen and oxygen atoms in total. The molecule has 0 rings (SSSR count). The molecule has 3 N–H and O–H groups in total. The van der Waals surface area contributed by atoms with Gasteiger partial charge in [-0.3, -0.25) is 0 Å². The molecule has 80 valence electrons. The summed E-state index contributed by atoms with van der Waals surface area (Å²) < 4.78 is 9.84. The predicted octanol–water partition coefficient (Wildman–Crippen LogP) is -1.06. The highest BCUT2D eigenvalue weighted by Gasteiger charge is 2.18. The van der Waals surface area contributed by atoms with Crippen LogP contribution in [0, 0.1) is 0 Å². The van der Waals surface area contributed by atoms with Gasteiger partial charge in [-0.15, -0.1) is 0 Å². The van der Waals surface area contributed by atoms with Gasteiger partial charge in [0, 0.05) is 27.3 Å². The van der Waals surface area contributed by atoms with Crippen LogP contribution in [0.2, 0.25) is 0 Å². The minimum absolute atomic E-state index is 0.273. The van der Waals surface area contributed by atoms with Crippen molar-refractivity contribution in [2.24, 2.45) is 0 Å². The maximum Gasteiger partial charge on any atom is 0.169 e. The number of rotatable bonds is 7. The van der Waals surface area contributed by atoms with E-state index in [1.54, 1.807) is 21.1 Å². The number of aliphatic hydroxyl groups excluding tert-OH is 1. The van der Waals surface area contributed by atoms with E-state index in [2.05, 4.69) is 5.32 Å². The molecule has 0 aromatic rings. The van der Waals surface area contributed by atoms with Crippen molar-refractivity contribution in [3.8, 4) is 0 Å². The molecule has 0 heterocycles. The van der Waals surface area contributed by atoms with Crippen LogP contribution in [0.25, 0.3) is 0 Å². The van der Waals surface area contributed by atoms with Crippen LogP contribution >= 0.6 is 0 Å². The maximum absolute atomic E-state index is 9.39. The average molecular weight is 193 g/mol. The minimum Gasteiger partial charge on any atom is -0.393 e. The molecule has 0 aromatic heterocycles. The van der Waals surface area contributed by atoms with Gasteiger partial charge in [0.25, 0.3) is 0 Å². The number of nitrogens with one attached hydrogen (secondary N) is 1. The van der Waals surface area contributed by atoms with Crippen LogP contribution in [-0.2, 0) is 9.47 Å². The first-order valence-corrected chi connectivity index (χ1v) is 4.15. The number of ether oxygens (including phenoxy) is 2. The van der Waals surface area contributed by atoms with Crippen molar-refractivity contribution in [2.45, 2.75) is 18.8 Å². The first kappa shape index (κ1) is 12.8. The summed E-state index contributed by atoms with van der Waals surface area (Å²) in [4.78, 5) is 0. The van der Waals surface area contributed by atoms with E-state index in [4.69, 9.17) is 14.6 Å². The number of hydrogen-bond acceptors (Lipinski definition) is 5. The van der Waals surface area contributed by atoms with Gasteiger partial charge in [-0.25, -0.2) is 0 Å². The highest BCUT2D eigenvalue weighted by atomic mass is 16.7. The van der Waals surface area contributed by atoms with Crippen LogP contribution in [0.1, 0.15) is 6.92 Å².